The highest BCUT2D eigenvalue weighted by Crippen LogP contribution is 2.75. The molecule has 1 aromatic rings. The molecule has 3 saturated carbocycles. The Morgan fingerprint density at radius 2 is 1.76 bits per heavy atom. The van der Waals surface area contributed by atoms with Gasteiger partial charge in [-0.15, -0.1) is 0 Å². The lowest BCUT2D eigenvalue weighted by molar-refractivity contribution is -0.164. The van der Waals surface area contributed by atoms with E-state index < -0.39 is 5.97 Å². The number of aliphatic carboxylic acids is 1. The third-order valence-electron chi connectivity index (χ3n) is 13.6. The molecule has 0 amide bonds. The summed E-state index contributed by atoms with van der Waals surface area (Å²) >= 11 is 0. The lowest BCUT2D eigenvalue weighted by Crippen LogP contribution is -2.64. The second-order valence-electron chi connectivity index (χ2n) is 16.2. The molecule has 5 aliphatic carbocycles. The number of rotatable bonds is 2. The summed E-state index contributed by atoms with van der Waals surface area (Å²) in [6.45, 7) is 19.7. The molecule has 0 bridgehead atoms. The molecule has 4 N–H and O–H groups in total. The van der Waals surface area contributed by atoms with E-state index in [0.717, 1.165) is 44.9 Å². The van der Waals surface area contributed by atoms with Crippen molar-refractivity contribution in [1.82, 2.24) is 10.2 Å². The molecule has 1 aromatic heterocycles. The first kappa shape index (κ1) is 26.4. The summed E-state index contributed by atoms with van der Waals surface area (Å²) in [4.78, 5) is 12.5. The molecular formula is C33H51N3O2. The van der Waals surface area contributed by atoms with Gasteiger partial charge in [0.15, 0.2) is 0 Å². The van der Waals surface area contributed by atoms with Gasteiger partial charge in [-0.3, -0.25) is 9.89 Å². The van der Waals surface area contributed by atoms with Crippen LogP contribution in [0.5, 0.6) is 0 Å². The number of carboxylic acids is 1. The van der Waals surface area contributed by atoms with Crippen LogP contribution in [0.25, 0.3) is 0 Å². The molecule has 0 spiro atoms. The fourth-order valence-electron chi connectivity index (χ4n) is 11.9. The number of nitrogens with two attached hydrogens (primary N) is 1. The fraction of sp³-hybridized carbons (Fsp3) is 0.818. The van der Waals surface area contributed by atoms with Crippen LogP contribution in [0.3, 0.4) is 0 Å². The van der Waals surface area contributed by atoms with Crippen LogP contribution in [0, 0.1) is 51.2 Å². The summed E-state index contributed by atoms with van der Waals surface area (Å²) in [6, 6.07) is 0. The van der Waals surface area contributed by atoms with Crippen molar-refractivity contribution in [3.05, 3.63) is 22.4 Å². The summed E-state index contributed by atoms with van der Waals surface area (Å²) in [5, 5.41) is 18.1. The molecule has 0 aliphatic heterocycles. The number of carbonyl (C=O) groups is 1. The minimum atomic E-state index is -0.569. The van der Waals surface area contributed by atoms with Gasteiger partial charge in [0.1, 0.15) is 5.82 Å². The second-order valence-corrected chi connectivity index (χ2v) is 16.2. The Balaban J connectivity index is 1.50. The predicted molar refractivity (Wildman–Crippen MR) is 153 cm³/mol. The van der Waals surface area contributed by atoms with Crippen molar-refractivity contribution in [1.29, 1.82) is 0 Å². The zero-order valence-electron chi connectivity index (χ0n) is 25.1. The highest BCUT2D eigenvalue weighted by molar-refractivity contribution is 5.71. The molecule has 6 rings (SSSR count). The van der Waals surface area contributed by atoms with Gasteiger partial charge in [0.05, 0.1) is 5.92 Å². The van der Waals surface area contributed by atoms with E-state index in [1.54, 1.807) is 11.1 Å². The Morgan fingerprint density at radius 1 is 1.05 bits per heavy atom. The molecule has 0 saturated heterocycles. The molecule has 1 heterocycles. The van der Waals surface area contributed by atoms with Gasteiger partial charge in [0, 0.05) is 16.7 Å². The summed E-state index contributed by atoms with van der Waals surface area (Å²) in [5.41, 5.74) is 12.9. The number of aromatic nitrogens is 2. The average molecular weight is 522 g/mol. The number of aromatic amines is 1. The maximum absolute atomic E-state index is 12.5. The molecule has 5 nitrogen and oxygen atoms in total. The Hall–Kier alpha value is -1.78. The molecule has 0 radical (unpaired) electrons. The van der Waals surface area contributed by atoms with E-state index in [9.17, 15) is 9.90 Å². The van der Waals surface area contributed by atoms with E-state index >= 15 is 0 Å². The van der Waals surface area contributed by atoms with Gasteiger partial charge in [0.25, 0.3) is 0 Å². The normalized spacial score (nSPS) is 44.8. The van der Waals surface area contributed by atoms with Crippen LogP contribution < -0.4 is 5.73 Å². The third kappa shape index (κ3) is 3.17. The van der Waals surface area contributed by atoms with Crippen molar-refractivity contribution in [2.45, 2.75) is 119 Å². The van der Waals surface area contributed by atoms with E-state index in [1.165, 1.54) is 24.1 Å². The third-order valence-corrected chi connectivity index (χ3v) is 13.6. The highest BCUT2D eigenvalue weighted by Gasteiger charge is 2.68. The summed E-state index contributed by atoms with van der Waals surface area (Å²) < 4.78 is 0. The van der Waals surface area contributed by atoms with Gasteiger partial charge in [0.2, 0.25) is 0 Å². The number of allylic oxidation sites excluding steroid dienone is 2. The maximum Gasteiger partial charge on any atom is 0.306 e. The van der Waals surface area contributed by atoms with Crippen LogP contribution in [0.4, 0.5) is 5.82 Å². The molecule has 5 heteroatoms. The van der Waals surface area contributed by atoms with Crippen LogP contribution in [0.2, 0.25) is 0 Å². The number of nitrogens with one attached hydrogen (secondary N) is 1. The van der Waals surface area contributed by atoms with Crippen molar-refractivity contribution in [3.8, 4) is 0 Å². The number of hydrogen-bond acceptors (Lipinski definition) is 3. The standard InChI is InChI=1S/C33H51N3O2/c1-9-18-14-24-31(6)17-22-26(35-36-27(22)34)30(4,5)23(31)11-13-32(24,7)33(8)12-10-19-20(25(18)33)15-29(2,3)16-21(19)28(37)38/h19-21,23-24H,9-17H2,1-8H3,(H,37,38)(H3,34,35,36)/t19-,20-,21+,23-,24?,31-,32+,33+/m0/s1. The molecule has 1 unspecified atom stereocenters. The van der Waals surface area contributed by atoms with Gasteiger partial charge in [-0.25, -0.2) is 0 Å². The molecule has 0 aromatic carbocycles. The van der Waals surface area contributed by atoms with Gasteiger partial charge in [-0.1, -0.05) is 66.5 Å². The van der Waals surface area contributed by atoms with Gasteiger partial charge in [-0.05, 0) is 103 Å². The van der Waals surface area contributed by atoms with Crippen LogP contribution in [-0.2, 0) is 16.6 Å². The largest absolute Gasteiger partial charge is 0.481 e. The first-order valence-electron chi connectivity index (χ1n) is 15.4. The Morgan fingerprint density at radius 3 is 2.42 bits per heavy atom. The second kappa shape index (κ2) is 7.91. The predicted octanol–water partition coefficient (Wildman–Crippen LogP) is 7.53. The molecular weight excluding hydrogens is 470 g/mol. The van der Waals surface area contributed by atoms with E-state index in [4.69, 9.17) is 5.73 Å². The molecule has 5 aliphatic rings. The van der Waals surface area contributed by atoms with Crippen LogP contribution >= 0.6 is 0 Å². The summed E-state index contributed by atoms with van der Waals surface area (Å²) in [7, 11) is 0. The zero-order chi connectivity index (χ0) is 27.6. The summed E-state index contributed by atoms with van der Waals surface area (Å²) in [6.07, 6.45) is 9.89. The smallest absolute Gasteiger partial charge is 0.306 e. The average Bonchev–Trinajstić information content (AvgIpc) is 3.18. The Labute approximate surface area is 229 Å². The number of fused-ring (bicyclic) bond motifs is 8. The van der Waals surface area contributed by atoms with E-state index in [1.807, 2.05) is 0 Å². The number of hydrogen-bond donors (Lipinski definition) is 3. The first-order valence-corrected chi connectivity index (χ1v) is 15.4. The molecule has 3 fully saturated rings. The number of H-pyrrole nitrogens is 1. The van der Waals surface area contributed by atoms with Gasteiger partial charge >= 0.3 is 5.97 Å². The first-order chi connectivity index (χ1) is 17.6. The Bertz CT molecular complexity index is 1210. The Kier molecular flexibility index (Phi) is 5.50. The van der Waals surface area contributed by atoms with Crippen LogP contribution in [0.1, 0.15) is 118 Å². The lowest BCUT2D eigenvalue weighted by atomic mass is 9.33. The van der Waals surface area contributed by atoms with E-state index in [0.29, 0.717) is 29.5 Å². The van der Waals surface area contributed by atoms with Crippen molar-refractivity contribution in [2.75, 3.05) is 5.73 Å². The van der Waals surface area contributed by atoms with Crippen LogP contribution in [0.15, 0.2) is 11.1 Å². The minimum Gasteiger partial charge on any atom is -0.481 e. The molecule has 210 valence electrons. The zero-order valence-corrected chi connectivity index (χ0v) is 25.1. The fourth-order valence-corrected chi connectivity index (χ4v) is 11.9. The van der Waals surface area contributed by atoms with Crippen molar-refractivity contribution < 1.29 is 9.90 Å². The number of nitrogen functional groups attached to an aromatic ring is 1. The van der Waals surface area contributed by atoms with Crippen LogP contribution in [-0.4, -0.2) is 21.3 Å². The van der Waals surface area contributed by atoms with Gasteiger partial charge < -0.3 is 10.8 Å². The lowest BCUT2D eigenvalue weighted by Gasteiger charge is -2.70. The topological polar surface area (TPSA) is 92.0 Å². The number of carboxylic acid groups (broad SMARTS) is 1. The van der Waals surface area contributed by atoms with Crippen molar-refractivity contribution >= 4 is 11.8 Å². The van der Waals surface area contributed by atoms with Crippen molar-refractivity contribution in [2.24, 2.45) is 51.2 Å². The number of anilines is 1. The highest BCUT2D eigenvalue weighted by atomic mass is 16.4. The van der Waals surface area contributed by atoms with Gasteiger partial charge in [-0.2, -0.15) is 5.10 Å². The SMILES string of the molecule is CCC1=C2[C@H]3CC(C)(C)C[C@@H](C(=O)O)[C@H]3CC[C@@]2(C)[C@]2(C)CC[C@H]3C(C)(C)c4[nH]nc(N)c4C[C@]3(C)C2C1. The monoisotopic (exact) mass is 521 g/mol. The molecule has 38 heavy (non-hydrogen) atoms. The van der Waals surface area contributed by atoms with E-state index in [2.05, 4.69) is 65.6 Å². The number of nitrogens with zero attached hydrogens (tertiary/aromatic N) is 1. The quantitative estimate of drug-likeness (QED) is 0.351. The molecule has 8 atom stereocenters. The minimum absolute atomic E-state index is 0.0192. The summed E-state index contributed by atoms with van der Waals surface area (Å²) in [5.74, 6) is 1.79. The van der Waals surface area contributed by atoms with Crippen molar-refractivity contribution in [3.63, 3.8) is 0 Å². The van der Waals surface area contributed by atoms with E-state index in [-0.39, 0.29) is 33.0 Å². The maximum atomic E-state index is 12.5.